The van der Waals surface area contributed by atoms with Gasteiger partial charge in [0.2, 0.25) is 11.9 Å². The number of nitrogens with zero attached hydrogens (tertiary/aromatic N) is 4. The number of ether oxygens (including phenoxy) is 3. The summed E-state index contributed by atoms with van der Waals surface area (Å²) in [5, 5.41) is 28.9. The van der Waals surface area contributed by atoms with E-state index in [4.69, 9.17) is 14.2 Å². The Morgan fingerprint density at radius 2 is 1.36 bits per heavy atom. The number of likely N-dealkylation sites (tertiary alicyclic amines) is 1. The first kappa shape index (κ1) is 35.7. The van der Waals surface area contributed by atoms with Crippen molar-refractivity contribution in [1.29, 1.82) is 0 Å². The summed E-state index contributed by atoms with van der Waals surface area (Å²) >= 11 is 0. The molecular weight excluding hydrogens is 622 g/mol. The Bertz CT molecular complexity index is 1430. The molecule has 3 rings (SSSR count). The van der Waals surface area contributed by atoms with Crippen LogP contribution in [0.2, 0.25) is 0 Å². The molecule has 0 spiro atoms. The van der Waals surface area contributed by atoms with E-state index in [-0.39, 0.29) is 31.1 Å². The molecule has 0 radical (unpaired) electrons. The fraction of sp³-hybridized carbons (Fsp3) is 0.414. The molecule has 3 N–H and O–H groups in total. The molecule has 4 amide bonds. The Kier molecular flexibility index (Phi) is 12.1. The summed E-state index contributed by atoms with van der Waals surface area (Å²) in [4.78, 5) is 76.5. The second-order valence-electron chi connectivity index (χ2n) is 11.3. The molecule has 18 heteroatoms. The number of hydrogen-bond donors (Lipinski definition) is 3. The van der Waals surface area contributed by atoms with Crippen molar-refractivity contribution in [3.05, 3.63) is 79.9 Å². The van der Waals surface area contributed by atoms with Gasteiger partial charge >= 0.3 is 18.3 Å². The van der Waals surface area contributed by atoms with E-state index < -0.39 is 57.7 Å². The smallest absolute Gasteiger partial charge is 0.414 e. The summed E-state index contributed by atoms with van der Waals surface area (Å²) < 4.78 is 15.6. The molecule has 2 aromatic carbocycles. The molecule has 1 aliphatic rings. The van der Waals surface area contributed by atoms with Crippen molar-refractivity contribution < 1.29 is 43.2 Å². The van der Waals surface area contributed by atoms with Gasteiger partial charge in [-0.15, -0.1) is 0 Å². The molecule has 1 saturated heterocycles. The molecule has 1 aliphatic heterocycles. The monoisotopic (exact) mass is 657 g/mol. The predicted octanol–water partition coefficient (Wildman–Crippen LogP) is 3.53. The highest BCUT2D eigenvalue weighted by atomic mass is 16.6. The number of guanidine groups is 1. The average molecular weight is 658 g/mol. The van der Waals surface area contributed by atoms with Crippen molar-refractivity contribution >= 4 is 41.5 Å². The van der Waals surface area contributed by atoms with Gasteiger partial charge in [0.05, 0.1) is 9.85 Å². The van der Waals surface area contributed by atoms with Crippen molar-refractivity contribution in [3.8, 4) is 0 Å². The number of aliphatic imine (C=N–C) groups is 1. The van der Waals surface area contributed by atoms with Crippen LogP contribution in [0.3, 0.4) is 0 Å². The van der Waals surface area contributed by atoms with Gasteiger partial charge in [-0.05, 0) is 69.5 Å². The van der Waals surface area contributed by atoms with E-state index in [0.29, 0.717) is 24.1 Å². The van der Waals surface area contributed by atoms with E-state index >= 15 is 0 Å². The van der Waals surface area contributed by atoms with Crippen LogP contribution in [0, 0.1) is 20.2 Å². The molecule has 252 valence electrons. The van der Waals surface area contributed by atoms with Crippen LogP contribution in [-0.2, 0) is 32.2 Å². The second kappa shape index (κ2) is 16.0. The van der Waals surface area contributed by atoms with Gasteiger partial charge in [-0.1, -0.05) is 0 Å². The number of hydrogen-bond acceptors (Lipinski definition) is 12. The standard InChI is InChI=1S/C29H35N7O11/c1-18(24(37)31-21-13-14-34(15-21)28(40)47-29(2,3)4)30-25(32-26(38)45-16-19-5-9-22(10-6-19)35(41)42)33-27(39)46-17-20-7-11-23(12-8-20)36(43)44/h5-12,18,21H,13-17H2,1-4H3,(H,31,37)(H2,30,32,33,38,39)/t18-,21-/m0/s1. The van der Waals surface area contributed by atoms with E-state index in [2.05, 4.69) is 20.9 Å². The van der Waals surface area contributed by atoms with Gasteiger partial charge in [-0.3, -0.25) is 35.7 Å². The van der Waals surface area contributed by atoms with Crippen molar-refractivity contribution in [2.45, 2.75) is 65.0 Å². The highest BCUT2D eigenvalue weighted by Gasteiger charge is 2.31. The first-order valence-electron chi connectivity index (χ1n) is 14.3. The maximum atomic E-state index is 12.9. The zero-order valence-corrected chi connectivity index (χ0v) is 26.1. The minimum absolute atomic E-state index is 0.147. The van der Waals surface area contributed by atoms with E-state index in [1.165, 1.54) is 60.4 Å². The fourth-order valence-corrected chi connectivity index (χ4v) is 4.03. The number of non-ortho nitro benzene ring substituents is 2. The quantitative estimate of drug-likeness (QED) is 0.116. The van der Waals surface area contributed by atoms with Gasteiger partial charge in [0.15, 0.2) is 0 Å². The summed E-state index contributed by atoms with van der Waals surface area (Å²) in [5.74, 6) is -1.06. The van der Waals surface area contributed by atoms with E-state index in [1.54, 1.807) is 20.8 Å². The van der Waals surface area contributed by atoms with Gasteiger partial charge in [0.1, 0.15) is 24.9 Å². The number of nitro benzene ring substituents is 2. The van der Waals surface area contributed by atoms with E-state index in [9.17, 15) is 39.4 Å². The van der Waals surface area contributed by atoms with Gasteiger partial charge in [0, 0.05) is 43.4 Å². The normalized spacial score (nSPS) is 14.6. The Morgan fingerprint density at radius 3 is 1.79 bits per heavy atom. The molecule has 0 aromatic heterocycles. The lowest BCUT2D eigenvalue weighted by Crippen LogP contribution is -2.47. The molecule has 0 saturated carbocycles. The fourth-order valence-electron chi connectivity index (χ4n) is 4.03. The maximum absolute atomic E-state index is 12.9. The minimum Gasteiger partial charge on any atom is -0.444 e. The van der Waals surface area contributed by atoms with Crippen LogP contribution in [0.4, 0.5) is 25.8 Å². The molecule has 0 unspecified atom stereocenters. The Labute approximate surface area is 268 Å². The Morgan fingerprint density at radius 1 is 0.894 bits per heavy atom. The number of amides is 4. The van der Waals surface area contributed by atoms with E-state index in [1.807, 2.05) is 0 Å². The highest BCUT2D eigenvalue weighted by Crippen LogP contribution is 2.16. The third kappa shape index (κ3) is 11.9. The van der Waals surface area contributed by atoms with Crippen LogP contribution in [0.15, 0.2) is 53.5 Å². The lowest BCUT2D eigenvalue weighted by atomic mass is 10.2. The van der Waals surface area contributed by atoms with Crippen molar-refractivity contribution in [3.63, 3.8) is 0 Å². The van der Waals surface area contributed by atoms with Crippen LogP contribution in [-0.4, -0.2) is 75.7 Å². The van der Waals surface area contributed by atoms with E-state index in [0.717, 1.165) is 0 Å². The van der Waals surface area contributed by atoms with Crippen molar-refractivity contribution in [2.24, 2.45) is 4.99 Å². The molecule has 47 heavy (non-hydrogen) atoms. The first-order valence-corrected chi connectivity index (χ1v) is 14.3. The summed E-state index contributed by atoms with van der Waals surface area (Å²) in [6, 6.07) is 9.00. The van der Waals surface area contributed by atoms with Crippen LogP contribution >= 0.6 is 0 Å². The topological polar surface area (TPSA) is 234 Å². The van der Waals surface area contributed by atoms with Crippen LogP contribution in [0.25, 0.3) is 0 Å². The molecule has 0 bridgehead atoms. The van der Waals surface area contributed by atoms with Crippen LogP contribution < -0.4 is 16.0 Å². The van der Waals surface area contributed by atoms with Crippen LogP contribution in [0.5, 0.6) is 0 Å². The van der Waals surface area contributed by atoms with Gasteiger partial charge < -0.3 is 24.4 Å². The number of carbonyl (C=O) groups excluding carboxylic acids is 4. The molecule has 1 fully saturated rings. The average Bonchev–Trinajstić information content (AvgIpc) is 3.47. The first-order chi connectivity index (χ1) is 22.1. The van der Waals surface area contributed by atoms with Crippen molar-refractivity contribution in [2.75, 3.05) is 13.1 Å². The zero-order valence-electron chi connectivity index (χ0n) is 26.1. The number of alkyl carbamates (subject to hydrolysis) is 2. The third-order valence-electron chi connectivity index (χ3n) is 6.36. The molecule has 1 heterocycles. The highest BCUT2D eigenvalue weighted by molar-refractivity contribution is 6.02. The number of nitro groups is 2. The van der Waals surface area contributed by atoms with Crippen LogP contribution in [0.1, 0.15) is 45.2 Å². The summed E-state index contributed by atoms with van der Waals surface area (Å²) in [6.45, 7) is 6.66. The summed E-state index contributed by atoms with van der Waals surface area (Å²) in [6.07, 6.45) is -2.19. The largest absolute Gasteiger partial charge is 0.444 e. The maximum Gasteiger partial charge on any atom is 0.414 e. The number of nitrogens with one attached hydrogen (secondary N) is 3. The summed E-state index contributed by atoms with van der Waals surface area (Å²) in [5.41, 5.74) is -0.101. The minimum atomic E-state index is -1.15. The molecule has 2 aromatic rings. The summed E-state index contributed by atoms with van der Waals surface area (Å²) in [7, 11) is 0. The SMILES string of the molecule is C[C@H](N=C(NC(=O)OCc1ccc([N+](=O)[O-])cc1)NC(=O)OCc1ccc([N+](=O)[O-])cc1)C(=O)N[C@H]1CCN(C(=O)OC(C)(C)C)C1. The molecule has 18 nitrogen and oxygen atoms in total. The molecule has 0 aliphatic carbocycles. The third-order valence-corrected chi connectivity index (χ3v) is 6.36. The van der Waals surface area contributed by atoms with Gasteiger partial charge in [-0.25, -0.2) is 19.4 Å². The zero-order chi connectivity index (χ0) is 34.7. The molecular formula is C29H35N7O11. The van der Waals surface area contributed by atoms with Gasteiger partial charge in [0.25, 0.3) is 11.4 Å². The second-order valence-corrected chi connectivity index (χ2v) is 11.3. The number of benzene rings is 2. The lowest BCUT2D eigenvalue weighted by Gasteiger charge is -2.24. The van der Waals surface area contributed by atoms with Gasteiger partial charge in [-0.2, -0.15) is 0 Å². The Hall–Kier alpha value is -5.81. The molecule has 2 atom stereocenters. The van der Waals surface area contributed by atoms with Crippen molar-refractivity contribution in [1.82, 2.24) is 20.9 Å². The predicted molar refractivity (Wildman–Crippen MR) is 164 cm³/mol. The number of carbonyl (C=O) groups is 4. The number of rotatable bonds is 9. The Balaban J connectivity index is 1.63. The lowest BCUT2D eigenvalue weighted by molar-refractivity contribution is -0.385.